The highest BCUT2D eigenvalue weighted by atomic mass is 32.2. The van der Waals surface area contributed by atoms with Crippen molar-refractivity contribution < 1.29 is 56.5 Å². The highest BCUT2D eigenvalue weighted by Gasteiger charge is 2.31. The van der Waals surface area contributed by atoms with Gasteiger partial charge in [0.15, 0.2) is 46.5 Å². The molecular weight excluding hydrogens is 859 g/mol. The Morgan fingerprint density at radius 1 is 0.544 bits per heavy atom. The standard InChI is InChI=1S/C17H8F5N3O2S2.C17H8F5N3OS2/c18-11-10(12(19)14(21)15(22)13(11)20)9-6-25-16(23-9)28-17(24-25)29(26,27)7-8-4-2-1-3-5-8;18-11-10(12(19)14(21)15(22)13(11)20)9-6-25-16(23-9)27-17(24-25)28(26)7-8-4-2-1-3-5-8/h1-6H,7H2;1-6H,7H2. The highest BCUT2D eigenvalue weighted by molar-refractivity contribution is 7.92. The Hall–Kier alpha value is -5.52. The lowest BCUT2D eigenvalue weighted by Crippen LogP contribution is -2.05. The number of imidazole rings is 2. The van der Waals surface area contributed by atoms with Crippen LogP contribution in [0.25, 0.3) is 32.4 Å². The number of benzene rings is 4. The van der Waals surface area contributed by atoms with E-state index < -0.39 is 101 Å². The van der Waals surface area contributed by atoms with Gasteiger partial charge in [0, 0.05) is 0 Å². The predicted molar refractivity (Wildman–Crippen MR) is 186 cm³/mol. The van der Waals surface area contributed by atoms with Crippen molar-refractivity contribution >= 4 is 53.2 Å². The summed E-state index contributed by atoms with van der Waals surface area (Å²) in [4.78, 5) is 7.67. The zero-order valence-corrected chi connectivity index (χ0v) is 30.9. The molecule has 0 aliphatic rings. The van der Waals surface area contributed by atoms with Crippen molar-refractivity contribution in [2.75, 3.05) is 0 Å². The Morgan fingerprint density at radius 2 is 0.947 bits per heavy atom. The van der Waals surface area contributed by atoms with Gasteiger partial charge in [0.25, 0.3) is 0 Å². The highest BCUT2D eigenvalue weighted by Crippen LogP contribution is 2.34. The number of sulfone groups is 1. The number of aromatic nitrogens is 6. The molecule has 4 aromatic carbocycles. The Kier molecular flexibility index (Phi) is 10.8. The van der Waals surface area contributed by atoms with Crippen LogP contribution >= 0.6 is 22.7 Å². The maximum Gasteiger partial charge on any atom is 0.232 e. The molecule has 0 spiro atoms. The second-order valence-electron chi connectivity index (χ2n) is 11.6. The first kappa shape index (κ1) is 39.7. The van der Waals surface area contributed by atoms with Crippen LogP contribution < -0.4 is 0 Å². The average molecular weight is 875 g/mol. The molecule has 1 atom stereocenters. The van der Waals surface area contributed by atoms with Crippen molar-refractivity contribution in [3.05, 3.63) is 142 Å². The fourth-order valence-electron chi connectivity index (χ4n) is 5.12. The monoisotopic (exact) mass is 874 g/mol. The van der Waals surface area contributed by atoms with Crippen LogP contribution in [0.1, 0.15) is 11.1 Å². The third-order valence-electron chi connectivity index (χ3n) is 7.78. The van der Waals surface area contributed by atoms with E-state index in [1.54, 1.807) is 54.6 Å². The van der Waals surface area contributed by atoms with Gasteiger partial charge in [0.1, 0.15) is 0 Å². The van der Waals surface area contributed by atoms with Crippen LogP contribution in [0.4, 0.5) is 43.9 Å². The molecule has 0 fully saturated rings. The molecule has 1 unspecified atom stereocenters. The Morgan fingerprint density at radius 3 is 1.39 bits per heavy atom. The number of nitrogens with zero attached hydrogens (tertiary/aromatic N) is 6. The minimum atomic E-state index is -3.83. The fourth-order valence-corrected chi connectivity index (χ4v) is 9.80. The van der Waals surface area contributed by atoms with Crippen molar-refractivity contribution in [3.8, 4) is 22.5 Å². The van der Waals surface area contributed by atoms with E-state index in [-0.39, 0.29) is 30.1 Å². The summed E-state index contributed by atoms with van der Waals surface area (Å²) in [5, 5.41) is 7.87. The number of fused-ring (bicyclic) bond motifs is 2. The second-order valence-corrected chi connectivity index (χ2v) is 17.3. The van der Waals surface area contributed by atoms with Crippen LogP contribution in [0.15, 0.2) is 81.7 Å². The van der Waals surface area contributed by atoms with Gasteiger partial charge in [-0.25, -0.2) is 71.3 Å². The van der Waals surface area contributed by atoms with Crippen LogP contribution in [-0.2, 0) is 32.1 Å². The van der Waals surface area contributed by atoms with Crippen LogP contribution in [0.3, 0.4) is 0 Å². The Bertz CT molecular complexity index is 2850. The molecule has 57 heavy (non-hydrogen) atoms. The maximum atomic E-state index is 14.0. The minimum Gasteiger partial charge on any atom is -0.251 e. The molecule has 0 radical (unpaired) electrons. The zero-order chi connectivity index (χ0) is 40.9. The molecule has 4 heterocycles. The van der Waals surface area contributed by atoms with Crippen LogP contribution in [-0.4, -0.2) is 41.8 Å². The first-order valence-electron chi connectivity index (χ1n) is 15.5. The van der Waals surface area contributed by atoms with Gasteiger partial charge in [-0.15, -0.1) is 10.2 Å². The third kappa shape index (κ3) is 7.54. The van der Waals surface area contributed by atoms with Crippen LogP contribution in [0.5, 0.6) is 0 Å². The van der Waals surface area contributed by atoms with E-state index in [1.807, 2.05) is 6.07 Å². The number of hydrogen-bond donors (Lipinski definition) is 0. The van der Waals surface area contributed by atoms with E-state index in [2.05, 4.69) is 20.2 Å². The summed E-state index contributed by atoms with van der Waals surface area (Å²) in [6.45, 7) is 0. The lowest BCUT2D eigenvalue weighted by molar-refractivity contribution is 0.381. The third-order valence-corrected chi connectivity index (χ3v) is 13.4. The number of rotatable bonds is 8. The molecule has 0 saturated heterocycles. The van der Waals surface area contributed by atoms with E-state index in [0.717, 1.165) is 38.3 Å². The minimum absolute atomic E-state index is 0.0874. The average Bonchev–Trinajstić information content (AvgIpc) is 3.97. The summed E-state index contributed by atoms with van der Waals surface area (Å²) in [5.41, 5.74) is -2.03. The first-order chi connectivity index (χ1) is 27.0. The number of halogens is 10. The van der Waals surface area contributed by atoms with Gasteiger partial charge in [0.05, 0.1) is 57.2 Å². The number of hydrogen-bond acceptors (Lipinski definition) is 9. The molecule has 8 rings (SSSR count). The Labute approximate surface area is 322 Å². The summed E-state index contributed by atoms with van der Waals surface area (Å²) >= 11 is 1.51. The van der Waals surface area contributed by atoms with Crippen LogP contribution in [0.2, 0.25) is 0 Å². The van der Waals surface area contributed by atoms with E-state index in [1.165, 1.54) is 0 Å². The summed E-state index contributed by atoms with van der Waals surface area (Å²) in [7, 11) is -5.32. The molecule has 0 N–H and O–H groups in total. The molecule has 294 valence electrons. The van der Waals surface area contributed by atoms with E-state index in [4.69, 9.17) is 0 Å². The van der Waals surface area contributed by atoms with E-state index in [0.29, 0.717) is 16.9 Å². The molecule has 9 nitrogen and oxygen atoms in total. The largest absolute Gasteiger partial charge is 0.251 e. The quantitative estimate of drug-likeness (QED) is 0.0855. The molecular formula is C34H16F10N6O3S4. The van der Waals surface area contributed by atoms with Crippen molar-refractivity contribution in [2.45, 2.75) is 20.2 Å². The molecule has 0 bridgehead atoms. The maximum absolute atomic E-state index is 14.0. The molecule has 0 saturated carbocycles. The lowest BCUT2D eigenvalue weighted by Gasteiger charge is -2.05. The van der Waals surface area contributed by atoms with Gasteiger partial charge in [0.2, 0.25) is 40.1 Å². The molecule has 4 aromatic heterocycles. The topological polar surface area (TPSA) is 112 Å². The zero-order valence-electron chi connectivity index (χ0n) is 27.7. The van der Waals surface area contributed by atoms with Gasteiger partial charge in [-0.1, -0.05) is 83.3 Å². The smallest absolute Gasteiger partial charge is 0.232 e. The summed E-state index contributed by atoms with van der Waals surface area (Å²) in [6, 6.07) is 17.4. The van der Waals surface area contributed by atoms with Gasteiger partial charge >= 0.3 is 0 Å². The van der Waals surface area contributed by atoms with E-state index >= 15 is 0 Å². The second kappa shape index (κ2) is 15.4. The van der Waals surface area contributed by atoms with Gasteiger partial charge in [-0.05, 0) is 11.1 Å². The lowest BCUT2D eigenvalue weighted by atomic mass is 10.1. The molecule has 0 aliphatic carbocycles. The first-order valence-corrected chi connectivity index (χ1v) is 20.1. The van der Waals surface area contributed by atoms with Crippen molar-refractivity contribution in [1.29, 1.82) is 0 Å². The summed E-state index contributed by atoms with van der Waals surface area (Å²) in [6.07, 6.45) is 1.92. The molecule has 23 heteroatoms. The Balaban J connectivity index is 0.000000174. The van der Waals surface area contributed by atoms with Gasteiger partial charge in [-0.3, -0.25) is 4.21 Å². The van der Waals surface area contributed by atoms with Crippen molar-refractivity contribution in [2.24, 2.45) is 0 Å². The van der Waals surface area contributed by atoms with Crippen LogP contribution in [0, 0.1) is 58.2 Å². The SMILES string of the molecule is O=S(=O)(Cc1ccccc1)c1nn2cc(-c3c(F)c(F)c(F)c(F)c3F)nc2s1.O=S(Cc1ccccc1)c1nn2cc(-c3c(F)c(F)c(F)c(F)c3F)nc2s1. The fraction of sp³-hybridized carbons (Fsp3) is 0.0588. The van der Waals surface area contributed by atoms with E-state index in [9.17, 15) is 56.5 Å². The molecule has 0 aliphatic heterocycles. The van der Waals surface area contributed by atoms with Crippen molar-refractivity contribution in [3.63, 3.8) is 0 Å². The summed E-state index contributed by atoms with van der Waals surface area (Å²) in [5.74, 6) is -21.0. The van der Waals surface area contributed by atoms with Gasteiger partial charge < -0.3 is 0 Å². The van der Waals surface area contributed by atoms with Crippen molar-refractivity contribution in [1.82, 2.24) is 29.2 Å². The summed E-state index contributed by atoms with van der Waals surface area (Å²) < 4.78 is 175. The predicted octanol–water partition coefficient (Wildman–Crippen LogP) is 8.59. The normalized spacial score (nSPS) is 12.3. The van der Waals surface area contributed by atoms with Gasteiger partial charge in [-0.2, -0.15) is 0 Å². The molecule has 8 aromatic rings. The molecule has 0 amide bonds.